The summed E-state index contributed by atoms with van der Waals surface area (Å²) >= 11 is 0. The van der Waals surface area contributed by atoms with E-state index in [4.69, 9.17) is 4.74 Å². The maximum Gasteiger partial charge on any atom is 0.313 e. The van der Waals surface area contributed by atoms with Gasteiger partial charge in [-0.3, -0.25) is 9.59 Å². The van der Waals surface area contributed by atoms with E-state index in [9.17, 15) is 9.59 Å². The molecule has 0 aromatic heterocycles. The van der Waals surface area contributed by atoms with Gasteiger partial charge in [-0.15, -0.1) is 0 Å². The van der Waals surface area contributed by atoms with Gasteiger partial charge in [0.15, 0.2) is 0 Å². The fourth-order valence-corrected chi connectivity index (χ4v) is 1.14. The standard InChI is InChI=1S/C10H16O3/c1-2-5-13-10(12)7-9(11)6-8-3-4-8/h8H,2-7H2,1H3. The number of esters is 1. The van der Waals surface area contributed by atoms with Crippen LogP contribution in [0.5, 0.6) is 0 Å². The molecule has 13 heavy (non-hydrogen) atoms. The normalized spacial score (nSPS) is 15.5. The fraction of sp³-hybridized carbons (Fsp3) is 0.800. The molecule has 0 heterocycles. The Labute approximate surface area is 78.5 Å². The first kappa shape index (κ1) is 10.2. The molecular formula is C10H16O3. The van der Waals surface area contributed by atoms with Crippen LogP contribution >= 0.6 is 0 Å². The van der Waals surface area contributed by atoms with Crippen LogP contribution in [-0.2, 0) is 14.3 Å². The Balaban J connectivity index is 2.07. The molecule has 0 saturated heterocycles. The van der Waals surface area contributed by atoms with E-state index in [1.54, 1.807) is 0 Å². The van der Waals surface area contributed by atoms with Gasteiger partial charge in [-0.2, -0.15) is 0 Å². The lowest BCUT2D eigenvalue weighted by molar-refractivity contribution is -0.146. The van der Waals surface area contributed by atoms with E-state index in [1.807, 2.05) is 6.92 Å². The summed E-state index contributed by atoms with van der Waals surface area (Å²) < 4.78 is 4.80. The molecular weight excluding hydrogens is 168 g/mol. The number of rotatable bonds is 6. The van der Waals surface area contributed by atoms with Crippen molar-refractivity contribution in [3.05, 3.63) is 0 Å². The minimum absolute atomic E-state index is 0.0311. The van der Waals surface area contributed by atoms with E-state index in [0.29, 0.717) is 18.9 Å². The van der Waals surface area contributed by atoms with Gasteiger partial charge in [-0.05, 0) is 25.2 Å². The zero-order valence-electron chi connectivity index (χ0n) is 8.04. The van der Waals surface area contributed by atoms with Gasteiger partial charge in [0.05, 0.1) is 6.61 Å². The van der Waals surface area contributed by atoms with Gasteiger partial charge in [0.2, 0.25) is 0 Å². The Morgan fingerprint density at radius 1 is 1.38 bits per heavy atom. The first-order valence-electron chi connectivity index (χ1n) is 4.89. The highest BCUT2D eigenvalue weighted by molar-refractivity contribution is 5.95. The molecule has 0 unspecified atom stereocenters. The third-order valence-electron chi connectivity index (χ3n) is 2.02. The van der Waals surface area contributed by atoms with Crippen molar-refractivity contribution in [3.8, 4) is 0 Å². The summed E-state index contributed by atoms with van der Waals surface area (Å²) in [5.74, 6) is 0.225. The summed E-state index contributed by atoms with van der Waals surface area (Å²) in [6.45, 7) is 2.36. The molecule has 0 atom stereocenters. The van der Waals surface area contributed by atoms with Crippen molar-refractivity contribution in [1.82, 2.24) is 0 Å². The highest BCUT2D eigenvalue weighted by Gasteiger charge is 2.25. The van der Waals surface area contributed by atoms with Crippen LogP contribution in [0.15, 0.2) is 0 Å². The van der Waals surface area contributed by atoms with Gasteiger partial charge in [0, 0.05) is 6.42 Å². The van der Waals surface area contributed by atoms with Crippen LogP contribution in [0.4, 0.5) is 0 Å². The van der Waals surface area contributed by atoms with Crippen LogP contribution in [0, 0.1) is 5.92 Å². The Morgan fingerprint density at radius 2 is 2.08 bits per heavy atom. The molecule has 0 N–H and O–H groups in total. The van der Waals surface area contributed by atoms with Gasteiger partial charge in [0.1, 0.15) is 12.2 Å². The van der Waals surface area contributed by atoms with Crippen LogP contribution in [0.3, 0.4) is 0 Å². The highest BCUT2D eigenvalue weighted by atomic mass is 16.5. The summed E-state index contributed by atoms with van der Waals surface area (Å²) in [5.41, 5.74) is 0. The minimum Gasteiger partial charge on any atom is -0.465 e. The number of ether oxygens (including phenoxy) is 1. The molecule has 1 fully saturated rings. The molecule has 0 aromatic carbocycles. The lowest BCUT2D eigenvalue weighted by Crippen LogP contribution is -2.12. The minimum atomic E-state index is -0.368. The third-order valence-corrected chi connectivity index (χ3v) is 2.02. The number of hydrogen-bond donors (Lipinski definition) is 0. The van der Waals surface area contributed by atoms with E-state index in [1.165, 1.54) is 0 Å². The number of carbonyl (C=O) groups excluding carboxylic acids is 2. The van der Waals surface area contributed by atoms with Crippen molar-refractivity contribution >= 4 is 11.8 Å². The number of hydrogen-bond acceptors (Lipinski definition) is 3. The van der Waals surface area contributed by atoms with Crippen LogP contribution in [-0.4, -0.2) is 18.4 Å². The number of carbonyl (C=O) groups is 2. The Morgan fingerprint density at radius 3 is 2.62 bits per heavy atom. The van der Waals surface area contributed by atoms with Crippen LogP contribution in [0.25, 0.3) is 0 Å². The van der Waals surface area contributed by atoms with E-state index >= 15 is 0 Å². The predicted octanol–water partition coefficient (Wildman–Crippen LogP) is 1.70. The van der Waals surface area contributed by atoms with Crippen molar-refractivity contribution < 1.29 is 14.3 Å². The van der Waals surface area contributed by atoms with Crippen LogP contribution in [0.1, 0.15) is 39.0 Å². The molecule has 3 heteroatoms. The molecule has 1 saturated carbocycles. The average Bonchev–Trinajstić information content (AvgIpc) is 2.84. The van der Waals surface area contributed by atoms with Gasteiger partial charge >= 0.3 is 5.97 Å². The van der Waals surface area contributed by atoms with Crippen molar-refractivity contribution in [2.45, 2.75) is 39.0 Å². The molecule has 1 aliphatic rings. The first-order valence-corrected chi connectivity index (χ1v) is 4.89. The Hall–Kier alpha value is -0.860. The van der Waals surface area contributed by atoms with Crippen LogP contribution < -0.4 is 0 Å². The number of Topliss-reactive ketones (excluding diaryl/α,β-unsaturated/α-hetero) is 1. The summed E-state index contributed by atoms with van der Waals surface area (Å²) in [7, 11) is 0. The molecule has 0 amide bonds. The zero-order chi connectivity index (χ0) is 9.68. The average molecular weight is 184 g/mol. The topological polar surface area (TPSA) is 43.4 Å². The van der Waals surface area contributed by atoms with Crippen molar-refractivity contribution in [2.24, 2.45) is 5.92 Å². The lowest BCUT2D eigenvalue weighted by atomic mass is 10.1. The maximum atomic E-state index is 11.2. The van der Waals surface area contributed by atoms with Crippen LogP contribution in [0.2, 0.25) is 0 Å². The van der Waals surface area contributed by atoms with E-state index in [0.717, 1.165) is 19.3 Å². The molecule has 0 aromatic rings. The maximum absolute atomic E-state index is 11.2. The monoisotopic (exact) mass is 184 g/mol. The zero-order valence-corrected chi connectivity index (χ0v) is 8.04. The largest absolute Gasteiger partial charge is 0.465 e. The molecule has 0 bridgehead atoms. The first-order chi connectivity index (χ1) is 6.22. The third kappa shape index (κ3) is 4.65. The SMILES string of the molecule is CCCOC(=O)CC(=O)CC1CC1. The molecule has 0 radical (unpaired) electrons. The van der Waals surface area contributed by atoms with Gasteiger partial charge < -0.3 is 4.74 Å². The second-order valence-electron chi connectivity index (χ2n) is 3.58. The predicted molar refractivity (Wildman–Crippen MR) is 48.2 cm³/mol. The second kappa shape index (κ2) is 5.00. The van der Waals surface area contributed by atoms with Gasteiger partial charge in [-0.1, -0.05) is 6.92 Å². The van der Waals surface area contributed by atoms with Gasteiger partial charge in [-0.25, -0.2) is 0 Å². The Kier molecular flexibility index (Phi) is 3.93. The molecule has 0 spiro atoms. The molecule has 1 aliphatic carbocycles. The quantitative estimate of drug-likeness (QED) is 0.466. The van der Waals surface area contributed by atoms with Crippen molar-refractivity contribution in [1.29, 1.82) is 0 Å². The Bertz CT molecular complexity index is 194. The van der Waals surface area contributed by atoms with E-state index in [2.05, 4.69) is 0 Å². The summed E-state index contributed by atoms with van der Waals surface area (Å²) in [6.07, 6.45) is 3.64. The summed E-state index contributed by atoms with van der Waals surface area (Å²) in [5, 5.41) is 0. The van der Waals surface area contributed by atoms with Crippen molar-refractivity contribution in [3.63, 3.8) is 0 Å². The summed E-state index contributed by atoms with van der Waals surface area (Å²) in [4.78, 5) is 22.1. The molecule has 0 aliphatic heterocycles. The lowest BCUT2D eigenvalue weighted by Gasteiger charge is -2.01. The molecule has 74 valence electrons. The van der Waals surface area contributed by atoms with Gasteiger partial charge in [0.25, 0.3) is 0 Å². The van der Waals surface area contributed by atoms with E-state index in [-0.39, 0.29) is 18.2 Å². The smallest absolute Gasteiger partial charge is 0.313 e. The molecule has 3 nitrogen and oxygen atoms in total. The second-order valence-corrected chi connectivity index (χ2v) is 3.58. The highest BCUT2D eigenvalue weighted by Crippen LogP contribution is 2.32. The summed E-state index contributed by atoms with van der Waals surface area (Å²) in [6, 6.07) is 0. The van der Waals surface area contributed by atoms with Crippen molar-refractivity contribution in [2.75, 3.05) is 6.61 Å². The molecule has 1 rings (SSSR count). The number of ketones is 1. The van der Waals surface area contributed by atoms with E-state index < -0.39 is 0 Å². The fourth-order valence-electron chi connectivity index (χ4n) is 1.14.